The highest BCUT2D eigenvalue weighted by Crippen LogP contribution is 2.08. The Hall–Kier alpha value is -1.06. The molecule has 0 radical (unpaired) electrons. The van der Waals surface area contributed by atoms with Gasteiger partial charge in [0.1, 0.15) is 12.4 Å². The zero-order chi connectivity index (χ0) is 10.2. The molecule has 1 atom stereocenters. The molecule has 1 aromatic rings. The van der Waals surface area contributed by atoms with Crippen LogP contribution in [0.3, 0.4) is 0 Å². The van der Waals surface area contributed by atoms with E-state index in [1.807, 2.05) is 37.3 Å². The molecule has 0 fully saturated rings. The molecular formula is C11H17NO2. The number of para-hydroxylation sites is 1. The fourth-order valence-electron chi connectivity index (χ4n) is 1.11. The molecule has 78 valence electrons. The van der Waals surface area contributed by atoms with Crippen LogP contribution in [0, 0.1) is 0 Å². The molecule has 0 aliphatic carbocycles. The summed E-state index contributed by atoms with van der Waals surface area (Å²) in [4.78, 5) is 0. The van der Waals surface area contributed by atoms with Crippen LogP contribution in [0.2, 0.25) is 0 Å². The zero-order valence-corrected chi connectivity index (χ0v) is 8.44. The van der Waals surface area contributed by atoms with Gasteiger partial charge >= 0.3 is 0 Å². The molecule has 0 aliphatic heterocycles. The van der Waals surface area contributed by atoms with Gasteiger partial charge in [0, 0.05) is 12.6 Å². The molecule has 3 heteroatoms. The van der Waals surface area contributed by atoms with E-state index in [9.17, 15) is 0 Å². The maximum atomic E-state index is 8.60. The number of ether oxygens (including phenoxy) is 1. The molecule has 0 bridgehead atoms. The normalized spacial score (nSPS) is 12.4. The molecule has 0 aliphatic rings. The Labute approximate surface area is 84.7 Å². The highest BCUT2D eigenvalue weighted by atomic mass is 16.5. The lowest BCUT2D eigenvalue weighted by Crippen LogP contribution is -2.33. The molecular weight excluding hydrogens is 178 g/mol. The summed E-state index contributed by atoms with van der Waals surface area (Å²) < 4.78 is 5.52. The van der Waals surface area contributed by atoms with Crippen LogP contribution >= 0.6 is 0 Å². The molecule has 3 nitrogen and oxygen atoms in total. The summed E-state index contributed by atoms with van der Waals surface area (Å²) in [6.45, 7) is 3.41. The van der Waals surface area contributed by atoms with Gasteiger partial charge in [0.15, 0.2) is 0 Å². The van der Waals surface area contributed by atoms with Gasteiger partial charge in [-0.3, -0.25) is 0 Å². The number of rotatable bonds is 6. The van der Waals surface area contributed by atoms with Crippen LogP contribution in [0.25, 0.3) is 0 Å². The minimum Gasteiger partial charge on any atom is -0.492 e. The van der Waals surface area contributed by atoms with Crippen molar-refractivity contribution in [2.24, 2.45) is 0 Å². The van der Waals surface area contributed by atoms with Crippen molar-refractivity contribution in [2.75, 3.05) is 19.8 Å². The van der Waals surface area contributed by atoms with E-state index in [1.165, 1.54) is 0 Å². The monoisotopic (exact) mass is 195 g/mol. The summed E-state index contributed by atoms with van der Waals surface area (Å²) >= 11 is 0. The van der Waals surface area contributed by atoms with E-state index in [-0.39, 0.29) is 12.6 Å². The fraction of sp³-hybridized carbons (Fsp3) is 0.455. The van der Waals surface area contributed by atoms with Crippen molar-refractivity contribution >= 4 is 0 Å². The predicted molar refractivity (Wildman–Crippen MR) is 56.5 cm³/mol. The van der Waals surface area contributed by atoms with Gasteiger partial charge in [0.25, 0.3) is 0 Å². The van der Waals surface area contributed by atoms with E-state index in [0.717, 1.165) is 5.75 Å². The summed E-state index contributed by atoms with van der Waals surface area (Å²) in [7, 11) is 0. The lowest BCUT2D eigenvalue weighted by atomic mass is 10.3. The molecule has 14 heavy (non-hydrogen) atoms. The van der Waals surface area contributed by atoms with Gasteiger partial charge in [-0.15, -0.1) is 0 Å². The summed E-state index contributed by atoms with van der Waals surface area (Å²) in [6, 6.07) is 9.96. The van der Waals surface area contributed by atoms with Gasteiger partial charge in [-0.1, -0.05) is 18.2 Å². The summed E-state index contributed by atoms with van der Waals surface area (Å²) in [5.41, 5.74) is 0. The van der Waals surface area contributed by atoms with Crippen LogP contribution < -0.4 is 10.1 Å². The van der Waals surface area contributed by atoms with Crippen molar-refractivity contribution in [1.82, 2.24) is 5.32 Å². The third-order valence-corrected chi connectivity index (χ3v) is 1.85. The van der Waals surface area contributed by atoms with Crippen molar-refractivity contribution in [3.05, 3.63) is 30.3 Å². The van der Waals surface area contributed by atoms with Crippen molar-refractivity contribution in [1.29, 1.82) is 0 Å². The van der Waals surface area contributed by atoms with Crippen molar-refractivity contribution in [3.63, 3.8) is 0 Å². The Morgan fingerprint density at radius 2 is 2.07 bits per heavy atom. The van der Waals surface area contributed by atoms with Crippen LogP contribution in [0.1, 0.15) is 6.92 Å². The van der Waals surface area contributed by atoms with E-state index in [0.29, 0.717) is 13.2 Å². The second-order valence-corrected chi connectivity index (χ2v) is 3.20. The highest BCUT2D eigenvalue weighted by molar-refractivity contribution is 5.20. The number of benzene rings is 1. The molecule has 0 saturated carbocycles. The Morgan fingerprint density at radius 3 is 2.71 bits per heavy atom. The van der Waals surface area contributed by atoms with E-state index in [1.54, 1.807) is 0 Å². The van der Waals surface area contributed by atoms with Crippen LogP contribution in [0.15, 0.2) is 30.3 Å². The van der Waals surface area contributed by atoms with Crippen LogP contribution in [0.4, 0.5) is 0 Å². The Morgan fingerprint density at radius 1 is 1.36 bits per heavy atom. The first-order valence-electron chi connectivity index (χ1n) is 4.85. The van der Waals surface area contributed by atoms with Crippen LogP contribution in [-0.4, -0.2) is 30.9 Å². The predicted octanol–water partition coefficient (Wildman–Crippen LogP) is 1.04. The number of hydrogen-bond acceptors (Lipinski definition) is 3. The van der Waals surface area contributed by atoms with E-state index in [2.05, 4.69) is 5.32 Å². The molecule has 0 aromatic heterocycles. The highest BCUT2D eigenvalue weighted by Gasteiger charge is 2.00. The standard InChI is InChI=1S/C11H17NO2/c1-10(12-7-8-13)9-14-11-5-3-2-4-6-11/h2-6,10,12-13H,7-9H2,1H3/t10-/m1/s1. The van der Waals surface area contributed by atoms with Gasteiger partial charge in [-0.25, -0.2) is 0 Å². The number of nitrogens with one attached hydrogen (secondary N) is 1. The average molecular weight is 195 g/mol. The SMILES string of the molecule is C[C@H](COc1ccccc1)NCCO. The van der Waals surface area contributed by atoms with Gasteiger partial charge in [-0.2, -0.15) is 0 Å². The van der Waals surface area contributed by atoms with Gasteiger partial charge in [0.05, 0.1) is 6.61 Å². The first kappa shape index (κ1) is 11.0. The smallest absolute Gasteiger partial charge is 0.119 e. The van der Waals surface area contributed by atoms with Crippen LogP contribution in [0.5, 0.6) is 5.75 Å². The first-order chi connectivity index (χ1) is 6.83. The quantitative estimate of drug-likeness (QED) is 0.712. The second-order valence-electron chi connectivity index (χ2n) is 3.20. The minimum atomic E-state index is 0.162. The summed E-state index contributed by atoms with van der Waals surface area (Å²) in [5, 5.41) is 11.7. The van der Waals surface area contributed by atoms with E-state index < -0.39 is 0 Å². The van der Waals surface area contributed by atoms with Crippen LogP contribution in [-0.2, 0) is 0 Å². The Bertz CT molecular complexity index is 238. The molecule has 1 rings (SSSR count). The number of hydrogen-bond donors (Lipinski definition) is 2. The van der Waals surface area contributed by atoms with Gasteiger partial charge in [0.2, 0.25) is 0 Å². The van der Waals surface area contributed by atoms with Crippen molar-refractivity contribution in [2.45, 2.75) is 13.0 Å². The largest absolute Gasteiger partial charge is 0.492 e. The van der Waals surface area contributed by atoms with E-state index >= 15 is 0 Å². The van der Waals surface area contributed by atoms with Crippen molar-refractivity contribution < 1.29 is 9.84 Å². The topological polar surface area (TPSA) is 41.5 Å². The Kier molecular flexibility index (Phi) is 5.04. The minimum absolute atomic E-state index is 0.162. The third-order valence-electron chi connectivity index (χ3n) is 1.85. The van der Waals surface area contributed by atoms with E-state index in [4.69, 9.17) is 9.84 Å². The molecule has 0 amide bonds. The summed E-state index contributed by atoms with van der Waals surface area (Å²) in [6.07, 6.45) is 0. The lowest BCUT2D eigenvalue weighted by Gasteiger charge is -2.13. The molecule has 0 saturated heterocycles. The Balaban J connectivity index is 2.20. The maximum absolute atomic E-state index is 8.60. The molecule has 2 N–H and O–H groups in total. The van der Waals surface area contributed by atoms with Gasteiger partial charge < -0.3 is 15.2 Å². The zero-order valence-electron chi connectivity index (χ0n) is 8.44. The second kappa shape index (κ2) is 6.40. The maximum Gasteiger partial charge on any atom is 0.119 e. The third kappa shape index (κ3) is 4.25. The number of aliphatic hydroxyl groups excluding tert-OH is 1. The van der Waals surface area contributed by atoms with Crippen molar-refractivity contribution in [3.8, 4) is 5.75 Å². The summed E-state index contributed by atoms with van der Waals surface area (Å²) in [5.74, 6) is 0.880. The average Bonchev–Trinajstić information content (AvgIpc) is 2.25. The lowest BCUT2D eigenvalue weighted by molar-refractivity contribution is 0.248. The first-order valence-corrected chi connectivity index (χ1v) is 4.85. The molecule has 1 aromatic carbocycles. The molecule has 0 spiro atoms. The molecule has 0 unspecified atom stereocenters. The molecule has 0 heterocycles. The van der Waals surface area contributed by atoms with Gasteiger partial charge in [-0.05, 0) is 19.1 Å². The number of aliphatic hydroxyl groups is 1. The fourth-order valence-corrected chi connectivity index (χ4v) is 1.11.